The number of benzene rings is 2. The number of rotatable bonds is 6. The number of hydrogen-bond acceptors (Lipinski definition) is 6. The standard InChI is InChI=1S/C20H22N4O2/c1-13-7-14(2)9-16(8-13)24-20-11-19(21-12-22-20)23-15-5-6-17(25-3)18(10-15)26-4/h5-12H,1-4H3,(H2,21,22,23,24). The molecule has 0 atom stereocenters. The zero-order chi connectivity index (χ0) is 18.5. The first-order valence-electron chi connectivity index (χ1n) is 8.24. The van der Waals surface area contributed by atoms with Gasteiger partial charge < -0.3 is 20.1 Å². The van der Waals surface area contributed by atoms with Gasteiger partial charge in [0.1, 0.15) is 18.0 Å². The molecular formula is C20H22N4O2. The van der Waals surface area contributed by atoms with E-state index in [4.69, 9.17) is 9.47 Å². The van der Waals surface area contributed by atoms with Crippen LogP contribution in [0.2, 0.25) is 0 Å². The van der Waals surface area contributed by atoms with Gasteiger partial charge in [-0.05, 0) is 49.2 Å². The van der Waals surface area contributed by atoms with Crippen LogP contribution in [-0.4, -0.2) is 24.2 Å². The fraction of sp³-hybridized carbons (Fsp3) is 0.200. The number of anilines is 4. The highest BCUT2D eigenvalue weighted by Gasteiger charge is 2.06. The molecule has 0 fully saturated rings. The molecule has 0 saturated heterocycles. The Morgan fingerprint density at radius 1 is 0.692 bits per heavy atom. The van der Waals surface area contributed by atoms with Gasteiger partial charge in [0.05, 0.1) is 14.2 Å². The smallest absolute Gasteiger partial charge is 0.162 e. The second-order valence-corrected chi connectivity index (χ2v) is 5.98. The lowest BCUT2D eigenvalue weighted by molar-refractivity contribution is 0.355. The molecule has 0 bridgehead atoms. The largest absolute Gasteiger partial charge is 0.493 e. The Labute approximate surface area is 153 Å². The van der Waals surface area contributed by atoms with E-state index in [1.165, 1.54) is 17.5 Å². The van der Waals surface area contributed by atoms with Gasteiger partial charge in [-0.15, -0.1) is 0 Å². The van der Waals surface area contributed by atoms with Crippen LogP contribution >= 0.6 is 0 Å². The molecule has 0 unspecified atom stereocenters. The summed E-state index contributed by atoms with van der Waals surface area (Å²) in [5.41, 5.74) is 4.24. The quantitative estimate of drug-likeness (QED) is 0.677. The summed E-state index contributed by atoms with van der Waals surface area (Å²) in [4.78, 5) is 8.57. The van der Waals surface area contributed by atoms with Crippen LogP contribution < -0.4 is 20.1 Å². The Morgan fingerprint density at radius 3 is 1.92 bits per heavy atom. The van der Waals surface area contributed by atoms with Gasteiger partial charge in [0.2, 0.25) is 0 Å². The predicted molar refractivity (Wildman–Crippen MR) is 104 cm³/mol. The molecule has 0 aliphatic carbocycles. The van der Waals surface area contributed by atoms with Crippen LogP contribution in [0.25, 0.3) is 0 Å². The minimum atomic E-state index is 0.653. The van der Waals surface area contributed by atoms with Gasteiger partial charge in [-0.1, -0.05) is 6.07 Å². The average molecular weight is 350 g/mol. The van der Waals surface area contributed by atoms with E-state index in [0.717, 1.165) is 11.4 Å². The molecule has 6 nitrogen and oxygen atoms in total. The first-order valence-corrected chi connectivity index (χ1v) is 8.24. The van der Waals surface area contributed by atoms with Crippen molar-refractivity contribution in [1.29, 1.82) is 0 Å². The number of ether oxygens (including phenoxy) is 2. The van der Waals surface area contributed by atoms with Crippen LogP contribution in [-0.2, 0) is 0 Å². The van der Waals surface area contributed by atoms with E-state index < -0.39 is 0 Å². The second kappa shape index (κ2) is 7.74. The van der Waals surface area contributed by atoms with Gasteiger partial charge >= 0.3 is 0 Å². The normalized spacial score (nSPS) is 10.3. The molecule has 0 saturated carbocycles. The summed E-state index contributed by atoms with van der Waals surface area (Å²) in [6, 6.07) is 13.8. The summed E-state index contributed by atoms with van der Waals surface area (Å²) in [6.07, 6.45) is 1.52. The lowest BCUT2D eigenvalue weighted by Crippen LogP contribution is -1.99. The fourth-order valence-electron chi connectivity index (χ4n) is 2.75. The van der Waals surface area contributed by atoms with E-state index in [1.54, 1.807) is 14.2 Å². The van der Waals surface area contributed by atoms with Crippen LogP contribution in [0.1, 0.15) is 11.1 Å². The molecule has 26 heavy (non-hydrogen) atoms. The lowest BCUT2D eigenvalue weighted by atomic mass is 10.1. The molecule has 1 aromatic heterocycles. The Kier molecular flexibility index (Phi) is 5.22. The highest BCUT2D eigenvalue weighted by Crippen LogP contribution is 2.31. The molecule has 0 aliphatic rings. The Hall–Kier alpha value is -3.28. The van der Waals surface area contributed by atoms with Gasteiger partial charge in [-0.25, -0.2) is 9.97 Å². The zero-order valence-corrected chi connectivity index (χ0v) is 15.3. The second-order valence-electron chi connectivity index (χ2n) is 5.98. The van der Waals surface area contributed by atoms with Crippen molar-refractivity contribution in [3.63, 3.8) is 0 Å². The monoisotopic (exact) mass is 350 g/mol. The van der Waals surface area contributed by atoms with Crippen molar-refractivity contribution < 1.29 is 9.47 Å². The maximum atomic E-state index is 5.33. The summed E-state index contributed by atoms with van der Waals surface area (Å²) in [7, 11) is 3.22. The Balaban J connectivity index is 1.79. The number of hydrogen-bond donors (Lipinski definition) is 2. The van der Waals surface area contributed by atoms with Crippen LogP contribution in [0, 0.1) is 13.8 Å². The minimum Gasteiger partial charge on any atom is -0.493 e. The van der Waals surface area contributed by atoms with E-state index in [2.05, 4.69) is 52.6 Å². The van der Waals surface area contributed by atoms with Gasteiger partial charge in [0.25, 0.3) is 0 Å². The van der Waals surface area contributed by atoms with Crippen molar-refractivity contribution in [2.75, 3.05) is 24.9 Å². The highest BCUT2D eigenvalue weighted by atomic mass is 16.5. The molecule has 2 N–H and O–H groups in total. The van der Waals surface area contributed by atoms with Crippen molar-refractivity contribution in [2.24, 2.45) is 0 Å². The van der Waals surface area contributed by atoms with Crippen molar-refractivity contribution in [1.82, 2.24) is 9.97 Å². The van der Waals surface area contributed by atoms with E-state index in [1.807, 2.05) is 24.3 Å². The third-order valence-electron chi connectivity index (χ3n) is 3.82. The molecule has 6 heteroatoms. The molecule has 134 valence electrons. The number of nitrogens with one attached hydrogen (secondary N) is 2. The molecule has 0 aliphatic heterocycles. The van der Waals surface area contributed by atoms with Crippen LogP contribution in [0.15, 0.2) is 48.8 Å². The summed E-state index contributed by atoms with van der Waals surface area (Å²) >= 11 is 0. The van der Waals surface area contributed by atoms with Crippen LogP contribution in [0.5, 0.6) is 11.5 Å². The lowest BCUT2D eigenvalue weighted by Gasteiger charge is -2.12. The molecule has 0 amide bonds. The van der Waals surface area contributed by atoms with E-state index in [9.17, 15) is 0 Å². The number of methoxy groups -OCH3 is 2. The van der Waals surface area contributed by atoms with Gasteiger partial charge in [0, 0.05) is 23.5 Å². The van der Waals surface area contributed by atoms with E-state index in [0.29, 0.717) is 23.1 Å². The topological polar surface area (TPSA) is 68.3 Å². The molecule has 0 spiro atoms. The molecule has 1 heterocycles. The third-order valence-corrected chi connectivity index (χ3v) is 3.82. The zero-order valence-electron chi connectivity index (χ0n) is 15.3. The first kappa shape index (κ1) is 17.5. The van der Waals surface area contributed by atoms with Gasteiger partial charge in [-0.3, -0.25) is 0 Å². The maximum Gasteiger partial charge on any atom is 0.162 e. The van der Waals surface area contributed by atoms with Crippen LogP contribution in [0.3, 0.4) is 0 Å². The maximum absolute atomic E-state index is 5.33. The predicted octanol–water partition coefficient (Wildman–Crippen LogP) is 4.60. The summed E-state index contributed by atoms with van der Waals surface area (Å²) in [5.74, 6) is 2.73. The molecular weight excluding hydrogens is 328 g/mol. The van der Waals surface area contributed by atoms with Crippen molar-refractivity contribution in [3.05, 3.63) is 59.9 Å². The molecule has 0 radical (unpaired) electrons. The van der Waals surface area contributed by atoms with Gasteiger partial charge in [-0.2, -0.15) is 0 Å². The third kappa shape index (κ3) is 4.22. The number of aromatic nitrogens is 2. The average Bonchev–Trinajstić information content (AvgIpc) is 2.61. The fourth-order valence-corrected chi connectivity index (χ4v) is 2.75. The SMILES string of the molecule is COc1ccc(Nc2cc(Nc3cc(C)cc(C)c3)ncn2)cc1OC. The van der Waals surface area contributed by atoms with Crippen molar-refractivity contribution in [3.8, 4) is 11.5 Å². The molecule has 2 aromatic carbocycles. The summed E-state index contributed by atoms with van der Waals surface area (Å²) in [5, 5.41) is 6.57. The molecule has 3 aromatic rings. The van der Waals surface area contributed by atoms with E-state index in [-0.39, 0.29) is 0 Å². The summed E-state index contributed by atoms with van der Waals surface area (Å²) < 4.78 is 10.6. The Morgan fingerprint density at radius 2 is 1.31 bits per heavy atom. The van der Waals surface area contributed by atoms with Crippen LogP contribution in [0.4, 0.5) is 23.0 Å². The Bertz CT molecular complexity index is 892. The first-order chi connectivity index (χ1) is 12.6. The molecule has 3 rings (SSSR count). The van der Waals surface area contributed by atoms with Gasteiger partial charge in [0.15, 0.2) is 11.5 Å². The van der Waals surface area contributed by atoms with Crippen molar-refractivity contribution >= 4 is 23.0 Å². The van der Waals surface area contributed by atoms with E-state index >= 15 is 0 Å². The number of nitrogens with zero attached hydrogens (tertiary/aromatic N) is 2. The highest BCUT2D eigenvalue weighted by molar-refractivity contribution is 5.65. The summed E-state index contributed by atoms with van der Waals surface area (Å²) in [6.45, 7) is 4.14. The van der Waals surface area contributed by atoms with Crippen molar-refractivity contribution in [2.45, 2.75) is 13.8 Å². The minimum absolute atomic E-state index is 0.653. The number of aryl methyl sites for hydroxylation is 2.